The largest absolute Gasteiger partial charge is 0.310 e. The van der Waals surface area contributed by atoms with E-state index in [0.717, 1.165) is 31.5 Å². The van der Waals surface area contributed by atoms with Gasteiger partial charge in [0, 0.05) is 12.1 Å². The predicted octanol–water partition coefficient (Wildman–Crippen LogP) is 1.75. The van der Waals surface area contributed by atoms with Gasteiger partial charge in [0.2, 0.25) is 5.91 Å². The molecule has 2 saturated heterocycles. The molecule has 2 atom stereocenters. The Bertz CT molecular complexity index is 728. The number of nitrogens with one attached hydrogen (secondary N) is 1. The van der Waals surface area contributed by atoms with Gasteiger partial charge in [-0.1, -0.05) is 13.3 Å². The first-order valence-corrected chi connectivity index (χ1v) is 11.0. The highest BCUT2D eigenvalue weighted by atomic mass is 32.2. The first kappa shape index (κ1) is 18.4. The van der Waals surface area contributed by atoms with Crippen molar-refractivity contribution in [3.63, 3.8) is 0 Å². The van der Waals surface area contributed by atoms with E-state index in [2.05, 4.69) is 22.2 Å². The molecule has 2 unspecified atom stereocenters. The molecule has 0 spiro atoms. The summed E-state index contributed by atoms with van der Waals surface area (Å²) in [6, 6.07) is 2.11. The van der Waals surface area contributed by atoms with Crippen molar-refractivity contribution in [1.29, 1.82) is 0 Å². The van der Waals surface area contributed by atoms with E-state index in [-0.39, 0.29) is 23.5 Å². The van der Waals surface area contributed by atoms with Crippen LogP contribution in [0, 0.1) is 6.92 Å². The zero-order valence-corrected chi connectivity index (χ0v) is 15.9. The van der Waals surface area contributed by atoms with E-state index in [1.54, 1.807) is 4.68 Å². The number of likely N-dealkylation sites (tertiary alicyclic amines) is 1. The van der Waals surface area contributed by atoms with E-state index < -0.39 is 9.84 Å². The van der Waals surface area contributed by atoms with Gasteiger partial charge in [-0.3, -0.25) is 9.69 Å². The molecule has 1 aromatic heterocycles. The summed E-state index contributed by atoms with van der Waals surface area (Å²) in [5.41, 5.74) is 0.781. The molecule has 2 fully saturated rings. The van der Waals surface area contributed by atoms with Crippen LogP contribution < -0.4 is 5.32 Å². The number of hydrogen-bond acceptors (Lipinski definition) is 5. The Morgan fingerprint density at radius 2 is 2.16 bits per heavy atom. The standard InChI is InChI=1S/C17H28N4O3S/c1-3-14-6-4-5-8-20(14)11-17(22)18-16-10-13(2)19-21(16)15-7-9-25(23,24)12-15/h10,14-15H,3-9,11-12H2,1-2H3,(H,18,22). The fourth-order valence-electron chi connectivity index (χ4n) is 3.95. The minimum atomic E-state index is -2.99. The number of hydrogen-bond donors (Lipinski definition) is 1. The summed E-state index contributed by atoms with van der Waals surface area (Å²) in [4.78, 5) is 14.8. The van der Waals surface area contributed by atoms with E-state index in [0.29, 0.717) is 24.8 Å². The average molecular weight is 369 g/mol. The Balaban J connectivity index is 1.67. The van der Waals surface area contributed by atoms with Gasteiger partial charge in [-0.25, -0.2) is 13.1 Å². The molecule has 8 heteroatoms. The molecule has 3 rings (SSSR count). The molecule has 0 radical (unpaired) electrons. The maximum atomic E-state index is 12.5. The number of sulfone groups is 1. The first-order valence-electron chi connectivity index (χ1n) is 9.18. The zero-order valence-electron chi connectivity index (χ0n) is 15.1. The van der Waals surface area contributed by atoms with Crippen LogP contribution in [-0.2, 0) is 14.6 Å². The van der Waals surface area contributed by atoms with Crippen molar-refractivity contribution in [3.05, 3.63) is 11.8 Å². The van der Waals surface area contributed by atoms with Crippen LogP contribution in [0.15, 0.2) is 6.07 Å². The van der Waals surface area contributed by atoms with Crippen LogP contribution in [0.5, 0.6) is 0 Å². The van der Waals surface area contributed by atoms with Crippen molar-refractivity contribution < 1.29 is 13.2 Å². The van der Waals surface area contributed by atoms with E-state index in [4.69, 9.17) is 0 Å². The van der Waals surface area contributed by atoms with Crippen molar-refractivity contribution in [2.24, 2.45) is 0 Å². The van der Waals surface area contributed by atoms with Gasteiger partial charge in [0.25, 0.3) is 0 Å². The van der Waals surface area contributed by atoms with Crippen LogP contribution in [-0.4, -0.2) is 59.6 Å². The number of aromatic nitrogens is 2. The predicted molar refractivity (Wildman–Crippen MR) is 97.4 cm³/mol. The zero-order chi connectivity index (χ0) is 18.0. The molecule has 0 bridgehead atoms. The van der Waals surface area contributed by atoms with Crippen LogP contribution in [0.4, 0.5) is 5.82 Å². The lowest BCUT2D eigenvalue weighted by atomic mass is 10.0. The molecule has 3 heterocycles. The van der Waals surface area contributed by atoms with Crippen molar-refractivity contribution in [2.75, 3.05) is 29.9 Å². The Hall–Kier alpha value is -1.41. The summed E-state index contributed by atoms with van der Waals surface area (Å²) in [5.74, 6) is 0.841. The molecule has 7 nitrogen and oxygen atoms in total. The lowest BCUT2D eigenvalue weighted by molar-refractivity contribution is -0.118. The summed E-state index contributed by atoms with van der Waals surface area (Å²) in [7, 11) is -2.99. The number of anilines is 1. The van der Waals surface area contributed by atoms with Gasteiger partial charge in [-0.05, 0) is 39.2 Å². The molecule has 25 heavy (non-hydrogen) atoms. The molecule has 1 aromatic rings. The van der Waals surface area contributed by atoms with Crippen molar-refractivity contribution in [2.45, 2.75) is 58.0 Å². The number of piperidine rings is 1. The van der Waals surface area contributed by atoms with Crippen molar-refractivity contribution in [1.82, 2.24) is 14.7 Å². The number of amides is 1. The second-order valence-electron chi connectivity index (χ2n) is 7.25. The van der Waals surface area contributed by atoms with Gasteiger partial charge in [-0.15, -0.1) is 0 Å². The molecule has 2 aliphatic rings. The number of carbonyl (C=O) groups is 1. The topological polar surface area (TPSA) is 84.3 Å². The van der Waals surface area contributed by atoms with Gasteiger partial charge in [-0.2, -0.15) is 5.10 Å². The van der Waals surface area contributed by atoms with E-state index in [9.17, 15) is 13.2 Å². The molecule has 0 aromatic carbocycles. The summed E-state index contributed by atoms with van der Waals surface area (Å²) in [5, 5.41) is 7.37. The lowest BCUT2D eigenvalue weighted by Gasteiger charge is -2.34. The molecule has 2 aliphatic heterocycles. The maximum absolute atomic E-state index is 12.5. The summed E-state index contributed by atoms with van der Waals surface area (Å²) in [6.45, 7) is 5.37. The highest BCUT2D eigenvalue weighted by molar-refractivity contribution is 7.91. The average Bonchev–Trinajstić information content (AvgIpc) is 3.09. The molecule has 1 amide bonds. The van der Waals surface area contributed by atoms with E-state index >= 15 is 0 Å². The minimum absolute atomic E-state index is 0.0534. The summed E-state index contributed by atoms with van der Waals surface area (Å²) < 4.78 is 25.2. The smallest absolute Gasteiger partial charge is 0.239 e. The van der Waals surface area contributed by atoms with Crippen LogP contribution >= 0.6 is 0 Å². The fourth-order valence-corrected chi connectivity index (χ4v) is 5.65. The van der Waals surface area contributed by atoms with Crippen molar-refractivity contribution >= 4 is 21.6 Å². The number of rotatable bonds is 5. The minimum Gasteiger partial charge on any atom is -0.310 e. The van der Waals surface area contributed by atoms with Gasteiger partial charge >= 0.3 is 0 Å². The molecular formula is C17H28N4O3S. The van der Waals surface area contributed by atoms with Crippen LogP contribution in [0.3, 0.4) is 0 Å². The van der Waals surface area contributed by atoms with Gasteiger partial charge in [0.05, 0.1) is 29.8 Å². The second-order valence-corrected chi connectivity index (χ2v) is 9.48. The Morgan fingerprint density at radius 1 is 1.36 bits per heavy atom. The van der Waals surface area contributed by atoms with Crippen molar-refractivity contribution in [3.8, 4) is 0 Å². The molecule has 1 N–H and O–H groups in total. The van der Waals surface area contributed by atoms with E-state index in [1.807, 2.05) is 13.0 Å². The quantitative estimate of drug-likeness (QED) is 0.856. The third-order valence-electron chi connectivity index (χ3n) is 5.25. The van der Waals surface area contributed by atoms with Crippen LogP contribution in [0.1, 0.15) is 50.8 Å². The third kappa shape index (κ3) is 4.41. The molecular weight excluding hydrogens is 340 g/mol. The van der Waals surface area contributed by atoms with E-state index in [1.165, 1.54) is 6.42 Å². The van der Waals surface area contributed by atoms with Gasteiger partial charge in [0.1, 0.15) is 5.82 Å². The summed E-state index contributed by atoms with van der Waals surface area (Å²) >= 11 is 0. The fraction of sp³-hybridized carbons (Fsp3) is 0.765. The molecule has 0 aliphatic carbocycles. The number of nitrogens with zero attached hydrogens (tertiary/aromatic N) is 3. The highest BCUT2D eigenvalue weighted by Crippen LogP contribution is 2.27. The maximum Gasteiger partial charge on any atom is 0.239 e. The molecule has 0 saturated carbocycles. The first-order chi connectivity index (χ1) is 11.9. The van der Waals surface area contributed by atoms with Gasteiger partial charge < -0.3 is 5.32 Å². The number of aryl methyl sites for hydroxylation is 1. The summed E-state index contributed by atoms with van der Waals surface area (Å²) in [6.07, 6.45) is 5.14. The third-order valence-corrected chi connectivity index (χ3v) is 7.00. The number of carbonyl (C=O) groups excluding carboxylic acids is 1. The normalized spacial score (nSPS) is 26.6. The monoisotopic (exact) mass is 368 g/mol. The Kier molecular flexibility index (Phi) is 5.48. The van der Waals surface area contributed by atoms with Gasteiger partial charge in [0.15, 0.2) is 9.84 Å². The van der Waals surface area contributed by atoms with Crippen LogP contribution in [0.2, 0.25) is 0 Å². The second kappa shape index (κ2) is 7.45. The Morgan fingerprint density at radius 3 is 2.84 bits per heavy atom. The Labute approximate surface area is 149 Å². The van der Waals surface area contributed by atoms with Crippen LogP contribution in [0.25, 0.3) is 0 Å². The molecule has 140 valence electrons. The highest BCUT2D eigenvalue weighted by Gasteiger charge is 2.31. The lowest BCUT2D eigenvalue weighted by Crippen LogP contribution is -2.43. The SMILES string of the molecule is CCC1CCCCN1CC(=O)Nc1cc(C)nn1C1CCS(=O)(=O)C1.